The largest absolute Gasteiger partial charge is 0.357 e. The van der Waals surface area contributed by atoms with Crippen molar-refractivity contribution in [3.05, 3.63) is 72.6 Å². The third kappa shape index (κ3) is 2.97. The molecule has 0 fully saturated rings. The van der Waals surface area contributed by atoms with Crippen LogP contribution in [-0.2, 0) is 6.54 Å². The lowest BCUT2D eigenvalue weighted by molar-refractivity contribution is 0.0745. The molecule has 26 heavy (non-hydrogen) atoms. The van der Waals surface area contributed by atoms with E-state index in [9.17, 15) is 4.79 Å². The third-order valence-corrected chi connectivity index (χ3v) is 4.43. The van der Waals surface area contributed by atoms with Crippen LogP contribution in [0.4, 0.5) is 0 Å². The lowest BCUT2D eigenvalue weighted by Gasteiger charge is -2.19. The van der Waals surface area contributed by atoms with Crippen molar-refractivity contribution < 1.29 is 4.79 Å². The van der Waals surface area contributed by atoms with E-state index in [1.54, 1.807) is 17.3 Å². The number of hydrogen-bond donors (Lipinski definition) is 2. The van der Waals surface area contributed by atoms with E-state index >= 15 is 0 Å². The highest BCUT2D eigenvalue weighted by atomic mass is 16.2. The van der Waals surface area contributed by atoms with Crippen LogP contribution >= 0.6 is 0 Å². The fourth-order valence-electron chi connectivity index (χ4n) is 3.07. The molecule has 0 aromatic carbocycles. The Labute approximate surface area is 150 Å². The molecule has 2 N–H and O–H groups in total. The average molecular weight is 345 g/mol. The maximum absolute atomic E-state index is 12.9. The van der Waals surface area contributed by atoms with E-state index in [1.165, 1.54) is 0 Å². The van der Waals surface area contributed by atoms with Crippen molar-refractivity contribution in [1.82, 2.24) is 24.8 Å². The van der Waals surface area contributed by atoms with Gasteiger partial charge in [0.15, 0.2) is 0 Å². The van der Waals surface area contributed by atoms with Gasteiger partial charge in [0.25, 0.3) is 5.91 Å². The van der Waals surface area contributed by atoms with Crippen molar-refractivity contribution >= 4 is 16.9 Å². The Morgan fingerprint density at radius 1 is 1.12 bits per heavy atom. The number of nitrogens with zero attached hydrogens (tertiary/aromatic N) is 3. The normalized spacial score (nSPS) is 11.0. The Bertz CT molecular complexity index is 1030. The molecule has 0 atom stereocenters. The molecule has 0 radical (unpaired) electrons. The van der Waals surface area contributed by atoms with Gasteiger partial charge in [0.2, 0.25) is 0 Å². The molecule has 0 aliphatic heterocycles. The molecule has 6 heteroatoms. The number of rotatable bonds is 5. The zero-order valence-electron chi connectivity index (χ0n) is 14.4. The summed E-state index contributed by atoms with van der Waals surface area (Å²) in [6.45, 7) is 3.07. The van der Waals surface area contributed by atoms with Crippen molar-refractivity contribution in [2.75, 3.05) is 6.54 Å². The number of fused-ring (bicyclic) bond motifs is 1. The van der Waals surface area contributed by atoms with Crippen LogP contribution in [0.3, 0.4) is 0 Å². The summed E-state index contributed by atoms with van der Waals surface area (Å²) in [6.07, 6.45) is 7.24. The summed E-state index contributed by atoms with van der Waals surface area (Å²) in [6, 6.07) is 11.6. The smallest absolute Gasteiger partial charge is 0.270 e. The number of pyridine rings is 2. The van der Waals surface area contributed by atoms with Gasteiger partial charge in [0.1, 0.15) is 11.3 Å². The first kappa shape index (κ1) is 16.1. The standard InChI is InChI=1S/C20H19N5O/c1-2-25(13-15-5-3-4-8-21-15)20(26)18-11-14(12-24-18)16-6-9-22-19-17(16)7-10-23-19/h3-12,24H,2,13H2,1H3,(H,22,23). The summed E-state index contributed by atoms with van der Waals surface area (Å²) in [4.78, 5) is 29.5. The van der Waals surface area contributed by atoms with Crippen LogP contribution < -0.4 is 0 Å². The predicted octanol–water partition coefficient (Wildman–Crippen LogP) is 3.62. The topological polar surface area (TPSA) is 77.7 Å². The zero-order chi connectivity index (χ0) is 17.9. The van der Waals surface area contributed by atoms with E-state index in [-0.39, 0.29) is 5.91 Å². The van der Waals surface area contributed by atoms with Crippen LogP contribution in [0.2, 0.25) is 0 Å². The minimum absolute atomic E-state index is 0.0382. The molecule has 130 valence electrons. The fourth-order valence-corrected chi connectivity index (χ4v) is 3.07. The zero-order valence-corrected chi connectivity index (χ0v) is 14.4. The molecule has 4 aromatic heterocycles. The Kier molecular flexibility index (Phi) is 4.23. The molecular weight excluding hydrogens is 326 g/mol. The molecule has 0 saturated carbocycles. The van der Waals surface area contributed by atoms with Gasteiger partial charge in [-0.25, -0.2) is 4.98 Å². The molecule has 0 aliphatic carbocycles. The minimum Gasteiger partial charge on any atom is -0.357 e. The van der Waals surface area contributed by atoms with E-state index in [4.69, 9.17) is 0 Å². The number of carbonyl (C=O) groups excluding carboxylic acids is 1. The Morgan fingerprint density at radius 2 is 2.04 bits per heavy atom. The summed E-state index contributed by atoms with van der Waals surface area (Å²) in [7, 11) is 0. The second kappa shape index (κ2) is 6.84. The summed E-state index contributed by atoms with van der Waals surface area (Å²) >= 11 is 0. The van der Waals surface area contributed by atoms with Crippen LogP contribution in [0.1, 0.15) is 23.1 Å². The maximum Gasteiger partial charge on any atom is 0.270 e. The van der Waals surface area contributed by atoms with Gasteiger partial charge in [-0.15, -0.1) is 0 Å². The van der Waals surface area contributed by atoms with Gasteiger partial charge in [-0.3, -0.25) is 9.78 Å². The lowest BCUT2D eigenvalue weighted by Crippen LogP contribution is -2.30. The van der Waals surface area contributed by atoms with Crippen molar-refractivity contribution in [1.29, 1.82) is 0 Å². The number of hydrogen-bond acceptors (Lipinski definition) is 3. The fraction of sp³-hybridized carbons (Fsp3) is 0.150. The third-order valence-electron chi connectivity index (χ3n) is 4.43. The lowest BCUT2D eigenvalue weighted by atomic mass is 10.1. The molecule has 4 heterocycles. The van der Waals surface area contributed by atoms with E-state index < -0.39 is 0 Å². The second-order valence-electron chi connectivity index (χ2n) is 6.04. The van der Waals surface area contributed by atoms with Crippen molar-refractivity contribution in [2.45, 2.75) is 13.5 Å². The van der Waals surface area contributed by atoms with Crippen LogP contribution in [-0.4, -0.2) is 37.3 Å². The van der Waals surface area contributed by atoms with E-state index in [1.807, 2.05) is 55.7 Å². The van der Waals surface area contributed by atoms with Gasteiger partial charge in [0, 0.05) is 42.3 Å². The molecule has 4 aromatic rings. The number of aromatic amines is 2. The van der Waals surface area contributed by atoms with Gasteiger partial charge in [-0.2, -0.15) is 0 Å². The Balaban J connectivity index is 1.60. The van der Waals surface area contributed by atoms with Crippen LogP contribution in [0.15, 0.2) is 61.2 Å². The molecule has 4 rings (SSSR count). The highest BCUT2D eigenvalue weighted by molar-refractivity contribution is 5.97. The first-order valence-corrected chi connectivity index (χ1v) is 8.56. The molecule has 0 aliphatic rings. The predicted molar refractivity (Wildman–Crippen MR) is 101 cm³/mol. The maximum atomic E-state index is 12.9. The highest BCUT2D eigenvalue weighted by Gasteiger charge is 2.18. The van der Waals surface area contributed by atoms with Gasteiger partial charge >= 0.3 is 0 Å². The van der Waals surface area contributed by atoms with Crippen molar-refractivity contribution in [3.8, 4) is 11.1 Å². The summed E-state index contributed by atoms with van der Waals surface area (Å²) in [5, 5.41) is 1.03. The summed E-state index contributed by atoms with van der Waals surface area (Å²) < 4.78 is 0. The SMILES string of the molecule is CCN(Cc1ccccn1)C(=O)c1cc(-c2ccnc3[nH]ccc23)c[nH]1. The van der Waals surface area contributed by atoms with Gasteiger partial charge < -0.3 is 14.9 Å². The van der Waals surface area contributed by atoms with Crippen molar-refractivity contribution in [2.24, 2.45) is 0 Å². The number of amides is 1. The number of H-pyrrole nitrogens is 2. The quantitative estimate of drug-likeness (QED) is 0.580. The number of carbonyl (C=O) groups is 1. The van der Waals surface area contributed by atoms with Crippen LogP contribution in [0, 0.1) is 0 Å². The summed E-state index contributed by atoms with van der Waals surface area (Å²) in [5.74, 6) is -0.0382. The monoisotopic (exact) mass is 345 g/mol. The van der Waals surface area contributed by atoms with Crippen LogP contribution in [0.5, 0.6) is 0 Å². The van der Waals surface area contributed by atoms with Crippen LogP contribution in [0.25, 0.3) is 22.2 Å². The van der Waals surface area contributed by atoms with Gasteiger partial charge in [0.05, 0.1) is 12.2 Å². The van der Waals surface area contributed by atoms with E-state index in [0.717, 1.165) is 27.9 Å². The van der Waals surface area contributed by atoms with E-state index in [0.29, 0.717) is 18.8 Å². The van der Waals surface area contributed by atoms with Crippen molar-refractivity contribution in [3.63, 3.8) is 0 Å². The second-order valence-corrected chi connectivity index (χ2v) is 6.04. The average Bonchev–Trinajstić information content (AvgIpc) is 3.35. The van der Waals surface area contributed by atoms with Gasteiger partial charge in [-0.05, 0) is 42.8 Å². The first-order chi connectivity index (χ1) is 12.8. The molecule has 6 nitrogen and oxygen atoms in total. The molecule has 0 saturated heterocycles. The van der Waals surface area contributed by atoms with E-state index in [2.05, 4.69) is 19.9 Å². The minimum atomic E-state index is -0.0382. The Morgan fingerprint density at radius 3 is 2.85 bits per heavy atom. The molecule has 0 unspecified atom stereocenters. The summed E-state index contributed by atoms with van der Waals surface area (Å²) in [5.41, 5.74) is 4.28. The number of nitrogens with one attached hydrogen (secondary N) is 2. The highest BCUT2D eigenvalue weighted by Crippen LogP contribution is 2.27. The Hall–Kier alpha value is -3.41. The first-order valence-electron chi connectivity index (χ1n) is 8.56. The molecular formula is C20H19N5O. The van der Waals surface area contributed by atoms with Gasteiger partial charge in [-0.1, -0.05) is 6.07 Å². The molecule has 1 amide bonds. The molecule has 0 spiro atoms. The number of aromatic nitrogens is 4. The molecule has 0 bridgehead atoms.